The molecule has 2 N–H and O–H groups in total. The van der Waals surface area contributed by atoms with E-state index in [1.54, 1.807) is 6.07 Å². The molecule has 3 heteroatoms. The van der Waals surface area contributed by atoms with Crippen LogP contribution in [0, 0.1) is 5.82 Å². The van der Waals surface area contributed by atoms with Gasteiger partial charge in [-0.05, 0) is 18.9 Å². The summed E-state index contributed by atoms with van der Waals surface area (Å²) in [5.74, 6) is -0.355. The number of aromatic hydroxyl groups is 1. The molecule has 76 valence electrons. The Morgan fingerprint density at radius 1 is 1.43 bits per heavy atom. The van der Waals surface area contributed by atoms with Crippen molar-refractivity contribution in [3.05, 3.63) is 29.6 Å². The first-order valence-corrected chi connectivity index (χ1v) is 4.96. The summed E-state index contributed by atoms with van der Waals surface area (Å²) >= 11 is 0. The van der Waals surface area contributed by atoms with Crippen molar-refractivity contribution in [1.82, 2.24) is 5.32 Å². The molecule has 2 rings (SSSR count). The van der Waals surface area contributed by atoms with E-state index in [0.29, 0.717) is 12.6 Å². The molecular formula is C11H14FNO. The van der Waals surface area contributed by atoms with Crippen molar-refractivity contribution in [2.24, 2.45) is 0 Å². The molecule has 0 saturated heterocycles. The fourth-order valence-corrected chi connectivity index (χ4v) is 1.55. The zero-order valence-electron chi connectivity index (χ0n) is 7.96. The summed E-state index contributed by atoms with van der Waals surface area (Å²) in [4.78, 5) is 0. The van der Waals surface area contributed by atoms with Crippen LogP contribution in [0.15, 0.2) is 18.2 Å². The third kappa shape index (κ3) is 2.04. The average Bonchev–Trinajstić information content (AvgIpc) is 2.05. The van der Waals surface area contributed by atoms with Crippen LogP contribution in [0.5, 0.6) is 5.75 Å². The van der Waals surface area contributed by atoms with Gasteiger partial charge in [0.15, 0.2) is 0 Å². The van der Waals surface area contributed by atoms with Crippen LogP contribution in [0.3, 0.4) is 0 Å². The first-order chi connectivity index (χ1) is 6.75. The lowest BCUT2D eigenvalue weighted by Gasteiger charge is -2.26. The lowest BCUT2D eigenvalue weighted by atomic mass is 9.93. The van der Waals surface area contributed by atoms with Gasteiger partial charge in [0, 0.05) is 24.2 Å². The number of nitrogens with one attached hydrogen (secondary N) is 1. The van der Waals surface area contributed by atoms with Gasteiger partial charge >= 0.3 is 0 Å². The Morgan fingerprint density at radius 2 is 2.21 bits per heavy atom. The Kier molecular flexibility index (Phi) is 2.68. The van der Waals surface area contributed by atoms with E-state index >= 15 is 0 Å². The van der Waals surface area contributed by atoms with Gasteiger partial charge in [0.25, 0.3) is 0 Å². The van der Waals surface area contributed by atoms with E-state index in [-0.39, 0.29) is 5.75 Å². The fourth-order valence-electron chi connectivity index (χ4n) is 1.55. The molecular weight excluding hydrogens is 181 g/mol. The Bertz CT molecular complexity index is 323. The van der Waals surface area contributed by atoms with Crippen LogP contribution < -0.4 is 5.32 Å². The number of phenols is 1. The highest BCUT2D eigenvalue weighted by Crippen LogP contribution is 2.21. The molecule has 1 fully saturated rings. The third-order valence-electron chi connectivity index (χ3n) is 2.73. The van der Waals surface area contributed by atoms with E-state index < -0.39 is 5.82 Å². The number of rotatable bonds is 3. The number of hydrogen-bond donors (Lipinski definition) is 2. The van der Waals surface area contributed by atoms with Crippen molar-refractivity contribution in [2.45, 2.75) is 31.8 Å². The predicted octanol–water partition coefficient (Wildman–Crippen LogP) is 2.17. The Hall–Kier alpha value is -1.09. The van der Waals surface area contributed by atoms with Crippen LogP contribution in [0.1, 0.15) is 24.8 Å². The zero-order chi connectivity index (χ0) is 9.97. The van der Waals surface area contributed by atoms with Gasteiger partial charge in [-0.1, -0.05) is 12.5 Å². The minimum absolute atomic E-state index is 0.0387. The van der Waals surface area contributed by atoms with Crippen LogP contribution in [-0.2, 0) is 6.54 Å². The summed E-state index contributed by atoms with van der Waals surface area (Å²) < 4.78 is 12.6. The highest BCUT2D eigenvalue weighted by Gasteiger charge is 2.16. The number of benzene rings is 1. The van der Waals surface area contributed by atoms with Crippen LogP contribution in [0.4, 0.5) is 4.39 Å². The summed E-state index contributed by atoms with van der Waals surface area (Å²) in [5, 5.41) is 12.7. The molecule has 1 saturated carbocycles. The SMILES string of the molecule is Oc1cc(F)ccc1CNC1CCC1. The first-order valence-electron chi connectivity index (χ1n) is 4.96. The molecule has 0 radical (unpaired) electrons. The average molecular weight is 195 g/mol. The van der Waals surface area contributed by atoms with Crippen LogP contribution in [0.2, 0.25) is 0 Å². The lowest BCUT2D eigenvalue weighted by Crippen LogP contribution is -2.34. The van der Waals surface area contributed by atoms with Crippen molar-refractivity contribution in [1.29, 1.82) is 0 Å². The maximum atomic E-state index is 12.6. The summed E-state index contributed by atoms with van der Waals surface area (Å²) in [6, 6.07) is 4.73. The van der Waals surface area contributed by atoms with Gasteiger partial charge in [0.2, 0.25) is 0 Å². The molecule has 0 bridgehead atoms. The smallest absolute Gasteiger partial charge is 0.126 e. The highest BCUT2D eigenvalue weighted by atomic mass is 19.1. The summed E-state index contributed by atoms with van der Waals surface area (Å²) in [6.07, 6.45) is 3.71. The van der Waals surface area contributed by atoms with E-state index in [9.17, 15) is 9.50 Å². The fraction of sp³-hybridized carbons (Fsp3) is 0.455. The van der Waals surface area contributed by atoms with Crippen molar-refractivity contribution in [2.75, 3.05) is 0 Å². The van der Waals surface area contributed by atoms with E-state index in [1.165, 1.54) is 25.3 Å². The standard InChI is InChI=1S/C11H14FNO/c12-9-5-4-8(11(14)6-9)7-13-10-2-1-3-10/h4-6,10,13-14H,1-3,7H2. The van der Waals surface area contributed by atoms with Gasteiger partial charge in [-0.3, -0.25) is 0 Å². The van der Waals surface area contributed by atoms with Crippen molar-refractivity contribution >= 4 is 0 Å². The van der Waals surface area contributed by atoms with E-state index in [4.69, 9.17) is 0 Å². The second kappa shape index (κ2) is 3.96. The predicted molar refractivity (Wildman–Crippen MR) is 52.5 cm³/mol. The van der Waals surface area contributed by atoms with Crippen LogP contribution in [-0.4, -0.2) is 11.1 Å². The number of phenolic OH excluding ortho intramolecular Hbond substituents is 1. The van der Waals surface area contributed by atoms with E-state index in [0.717, 1.165) is 11.6 Å². The molecule has 1 aromatic rings. The molecule has 0 heterocycles. The summed E-state index contributed by atoms with van der Waals surface area (Å²) in [6.45, 7) is 0.622. The molecule has 0 spiro atoms. The van der Waals surface area contributed by atoms with Gasteiger partial charge in [0.1, 0.15) is 11.6 Å². The largest absolute Gasteiger partial charge is 0.508 e. The molecule has 0 atom stereocenters. The second-order valence-corrected chi connectivity index (χ2v) is 3.78. The molecule has 1 aromatic carbocycles. The van der Waals surface area contributed by atoms with Crippen molar-refractivity contribution in [3.63, 3.8) is 0 Å². The Morgan fingerprint density at radius 3 is 2.79 bits per heavy atom. The molecule has 0 amide bonds. The number of halogens is 1. The first kappa shape index (κ1) is 9.46. The molecule has 1 aliphatic rings. The Balaban J connectivity index is 1.94. The topological polar surface area (TPSA) is 32.3 Å². The molecule has 2 nitrogen and oxygen atoms in total. The van der Waals surface area contributed by atoms with Gasteiger partial charge < -0.3 is 10.4 Å². The van der Waals surface area contributed by atoms with Crippen LogP contribution >= 0.6 is 0 Å². The second-order valence-electron chi connectivity index (χ2n) is 3.78. The molecule has 14 heavy (non-hydrogen) atoms. The monoisotopic (exact) mass is 195 g/mol. The third-order valence-corrected chi connectivity index (χ3v) is 2.73. The maximum absolute atomic E-state index is 12.6. The van der Waals surface area contributed by atoms with Gasteiger partial charge in [-0.15, -0.1) is 0 Å². The summed E-state index contributed by atoms with van der Waals surface area (Å²) in [7, 11) is 0. The van der Waals surface area contributed by atoms with Crippen molar-refractivity contribution in [3.8, 4) is 5.75 Å². The van der Waals surface area contributed by atoms with Crippen LogP contribution in [0.25, 0.3) is 0 Å². The zero-order valence-corrected chi connectivity index (χ0v) is 7.96. The maximum Gasteiger partial charge on any atom is 0.126 e. The molecule has 1 aliphatic carbocycles. The van der Waals surface area contributed by atoms with Gasteiger partial charge in [-0.2, -0.15) is 0 Å². The van der Waals surface area contributed by atoms with Gasteiger partial charge in [0.05, 0.1) is 0 Å². The van der Waals surface area contributed by atoms with E-state index in [1.807, 2.05) is 0 Å². The Labute approximate surface area is 82.8 Å². The van der Waals surface area contributed by atoms with E-state index in [2.05, 4.69) is 5.32 Å². The minimum Gasteiger partial charge on any atom is -0.508 e. The molecule has 0 unspecified atom stereocenters. The highest BCUT2D eigenvalue weighted by molar-refractivity contribution is 5.32. The lowest BCUT2D eigenvalue weighted by molar-refractivity contribution is 0.335. The van der Waals surface area contributed by atoms with Gasteiger partial charge in [-0.25, -0.2) is 4.39 Å². The normalized spacial score (nSPS) is 16.6. The van der Waals surface area contributed by atoms with Crippen molar-refractivity contribution < 1.29 is 9.50 Å². The molecule has 0 aliphatic heterocycles. The minimum atomic E-state index is -0.394. The number of hydrogen-bond acceptors (Lipinski definition) is 2. The summed E-state index contributed by atoms with van der Waals surface area (Å²) in [5.41, 5.74) is 0.762. The quantitative estimate of drug-likeness (QED) is 0.774. The molecule has 0 aromatic heterocycles.